The van der Waals surface area contributed by atoms with E-state index < -0.39 is 0 Å². The summed E-state index contributed by atoms with van der Waals surface area (Å²) in [6, 6.07) is 0.724. The second kappa shape index (κ2) is 16.2. The van der Waals surface area contributed by atoms with Crippen LogP contribution in [0.15, 0.2) is 24.3 Å². The lowest BCUT2D eigenvalue weighted by molar-refractivity contribution is 0.357. The molecule has 0 aromatic carbocycles. The highest BCUT2D eigenvalue weighted by Gasteiger charge is 2.14. The average molecular weight is 390 g/mol. The molecule has 0 radical (unpaired) electrons. The van der Waals surface area contributed by atoms with Gasteiger partial charge in [-0.3, -0.25) is 0 Å². The van der Waals surface area contributed by atoms with E-state index in [-0.39, 0.29) is 0 Å². The first kappa shape index (κ1) is 23.6. The topological polar surface area (TPSA) is 50.1 Å². The molecule has 0 aliphatic heterocycles. The predicted molar refractivity (Wildman–Crippen MR) is 124 cm³/mol. The normalized spacial score (nSPS) is 23.2. The highest BCUT2D eigenvalue weighted by Crippen LogP contribution is 2.26. The second-order valence-electron chi connectivity index (χ2n) is 9.06. The molecule has 2 aliphatic carbocycles. The molecule has 0 fully saturated rings. The van der Waals surface area contributed by atoms with Crippen LogP contribution in [0.3, 0.4) is 0 Å². The minimum atomic E-state index is 0.724. The van der Waals surface area contributed by atoms with Gasteiger partial charge in [-0.05, 0) is 102 Å². The van der Waals surface area contributed by atoms with Gasteiger partial charge in [-0.15, -0.1) is 0 Å². The van der Waals surface area contributed by atoms with Crippen molar-refractivity contribution in [3.8, 4) is 0 Å². The summed E-state index contributed by atoms with van der Waals surface area (Å²) in [6.07, 6.45) is 28.3. The van der Waals surface area contributed by atoms with Crippen molar-refractivity contribution in [2.24, 2.45) is 17.6 Å². The van der Waals surface area contributed by atoms with Crippen molar-refractivity contribution in [3.63, 3.8) is 0 Å². The molecule has 0 aromatic heterocycles. The van der Waals surface area contributed by atoms with E-state index in [9.17, 15) is 0 Å². The summed E-state index contributed by atoms with van der Waals surface area (Å²) in [4.78, 5) is 0. The Bertz CT molecular complexity index is 388. The zero-order chi connectivity index (χ0) is 19.7. The molecule has 3 nitrogen and oxygen atoms in total. The summed E-state index contributed by atoms with van der Waals surface area (Å²) in [6.45, 7) is 4.12. The highest BCUT2D eigenvalue weighted by molar-refractivity contribution is 4.91. The summed E-state index contributed by atoms with van der Waals surface area (Å²) >= 11 is 0. The monoisotopic (exact) mass is 389 g/mol. The molecular formula is C25H47N3. The third-order valence-corrected chi connectivity index (χ3v) is 6.61. The summed E-state index contributed by atoms with van der Waals surface area (Å²) < 4.78 is 0. The quantitative estimate of drug-likeness (QED) is 0.247. The van der Waals surface area contributed by atoms with Crippen molar-refractivity contribution in [1.29, 1.82) is 0 Å². The van der Waals surface area contributed by atoms with E-state index in [1.54, 1.807) is 0 Å². The number of hydrogen-bond donors (Lipinski definition) is 3. The zero-order valence-electron chi connectivity index (χ0n) is 18.3. The lowest BCUT2D eigenvalue weighted by Gasteiger charge is -2.23. The van der Waals surface area contributed by atoms with Gasteiger partial charge in [-0.2, -0.15) is 0 Å². The van der Waals surface area contributed by atoms with Crippen molar-refractivity contribution in [1.82, 2.24) is 10.6 Å². The van der Waals surface area contributed by atoms with Crippen LogP contribution < -0.4 is 16.4 Å². The van der Waals surface area contributed by atoms with Crippen molar-refractivity contribution >= 4 is 0 Å². The third kappa shape index (κ3) is 11.4. The fraction of sp³-hybridized carbons (Fsp3) is 0.840. The summed E-state index contributed by atoms with van der Waals surface area (Å²) in [5.41, 5.74) is 5.55. The van der Waals surface area contributed by atoms with Crippen LogP contribution in [-0.4, -0.2) is 32.2 Å². The van der Waals surface area contributed by atoms with Crippen LogP contribution in [0.1, 0.15) is 89.9 Å². The molecule has 2 unspecified atom stereocenters. The van der Waals surface area contributed by atoms with Crippen LogP contribution in [0.25, 0.3) is 0 Å². The van der Waals surface area contributed by atoms with E-state index in [2.05, 4.69) is 34.9 Å². The van der Waals surface area contributed by atoms with Gasteiger partial charge in [-0.25, -0.2) is 0 Å². The van der Waals surface area contributed by atoms with Crippen LogP contribution in [0.2, 0.25) is 0 Å². The van der Waals surface area contributed by atoms with Gasteiger partial charge in [0.05, 0.1) is 0 Å². The van der Waals surface area contributed by atoms with Gasteiger partial charge in [0.15, 0.2) is 0 Å². The van der Waals surface area contributed by atoms with Crippen LogP contribution in [0.5, 0.6) is 0 Å². The van der Waals surface area contributed by atoms with Crippen LogP contribution in [-0.2, 0) is 0 Å². The van der Waals surface area contributed by atoms with Gasteiger partial charge in [0.2, 0.25) is 0 Å². The molecule has 0 saturated carbocycles. The SMILES string of the molecule is NCCCNCCCNC(CCCC1CC=CCC1)CCCC1CC=CCC1. The number of nitrogens with two attached hydrogens (primary N) is 1. The summed E-state index contributed by atoms with van der Waals surface area (Å²) in [5.74, 6) is 1.90. The van der Waals surface area contributed by atoms with E-state index in [4.69, 9.17) is 5.73 Å². The van der Waals surface area contributed by atoms with E-state index in [1.165, 1.54) is 83.5 Å². The van der Waals surface area contributed by atoms with Gasteiger partial charge in [0, 0.05) is 6.04 Å². The Labute approximate surface area is 175 Å². The maximum Gasteiger partial charge on any atom is 0.00670 e. The Morgan fingerprint density at radius 3 is 1.89 bits per heavy atom. The zero-order valence-corrected chi connectivity index (χ0v) is 18.3. The fourth-order valence-electron chi connectivity index (χ4n) is 4.76. The van der Waals surface area contributed by atoms with E-state index in [0.717, 1.165) is 50.5 Å². The smallest absolute Gasteiger partial charge is 0.00670 e. The number of nitrogens with one attached hydrogen (secondary N) is 2. The van der Waals surface area contributed by atoms with Crippen LogP contribution in [0.4, 0.5) is 0 Å². The second-order valence-corrected chi connectivity index (χ2v) is 9.06. The molecule has 0 amide bonds. The lowest BCUT2D eigenvalue weighted by atomic mass is 9.87. The molecule has 0 bridgehead atoms. The molecule has 0 saturated heterocycles. The molecule has 2 atom stereocenters. The van der Waals surface area contributed by atoms with Crippen molar-refractivity contribution in [3.05, 3.63) is 24.3 Å². The molecular weight excluding hydrogens is 342 g/mol. The molecule has 3 heteroatoms. The van der Waals surface area contributed by atoms with E-state index >= 15 is 0 Å². The number of rotatable bonds is 16. The van der Waals surface area contributed by atoms with Gasteiger partial charge < -0.3 is 16.4 Å². The molecule has 2 aliphatic rings. The van der Waals surface area contributed by atoms with Crippen molar-refractivity contribution in [2.75, 3.05) is 26.2 Å². The van der Waals surface area contributed by atoms with Crippen molar-refractivity contribution < 1.29 is 0 Å². The Kier molecular flexibility index (Phi) is 13.7. The Balaban J connectivity index is 1.60. The average Bonchev–Trinajstić information content (AvgIpc) is 2.74. The Hall–Kier alpha value is -0.640. The minimum absolute atomic E-state index is 0.724. The standard InChI is InChI=1S/C25H47N3/c26-19-9-20-27-21-10-22-28-25(17-7-15-23-11-3-1-4-12-23)18-8-16-24-13-5-2-6-14-24/h1-3,5,23-25,27-28H,4,6-22,26H2. The first-order valence-electron chi connectivity index (χ1n) is 12.3. The number of hydrogen-bond acceptors (Lipinski definition) is 3. The fourth-order valence-corrected chi connectivity index (χ4v) is 4.76. The molecule has 4 N–H and O–H groups in total. The van der Waals surface area contributed by atoms with E-state index in [1.807, 2.05) is 0 Å². The van der Waals surface area contributed by atoms with Gasteiger partial charge in [0.25, 0.3) is 0 Å². The molecule has 162 valence electrons. The van der Waals surface area contributed by atoms with Crippen LogP contribution >= 0.6 is 0 Å². The van der Waals surface area contributed by atoms with Gasteiger partial charge in [-0.1, -0.05) is 50.0 Å². The van der Waals surface area contributed by atoms with Crippen LogP contribution in [0, 0.1) is 11.8 Å². The largest absolute Gasteiger partial charge is 0.330 e. The first-order chi connectivity index (χ1) is 13.9. The molecule has 0 spiro atoms. The Morgan fingerprint density at radius 1 is 0.750 bits per heavy atom. The summed E-state index contributed by atoms with van der Waals surface area (Å²) in [5, 5.41) is 7.39. The lowest BCUT2D eigenvalue weighted by Crippen LogP contribution is -2.32. The van der Waals surface area contributed by atoms with Crippen molar-refractivity contribution in [2.45, 2.75) is 95.9 Å². The highest BCUT2D eigenvalue weighted by atomic mass is 14.9. The van der Waals surface area contributed by atoms with Gasteiger partial charge in [0.1, 0.15) is 0 Å². The molecule has 2 rings (SSSR count). The summed E-state index contributed by atoms with van der Waals surface area (Å²) in [7, 11) is 0. The molecule has 0 aromatic rings. The molecule has 28 heavy (non-hydrogen) atoms. The predicted octanol–water partition coefficient (Wildman–Crippen LogP) is 5.33. The third-order valence-electron chi connectivity index (χ3n) is 6.61. The maximum atomic E-state index is 5.55. The maximum absolute atomic E-state index is 5.55. The Morgan fingerprint density at radius 2 is 1.36 bits per heavy atom. The first-order valence-corrected chi connectivity index (χ1v) is 12.3. The number of allylic oxidation sites excluding steroid dienone is 4. The molecule has 0 heterocycles. The van der Waals surface area contributed by atoms with E-state index in [0.29, 0.717) is 0 Å². The minimum Gasteiger partial charge on any atom is -0.330 e. The van der Waals surface area contributed by atoms with Gasteiger partial charge >= 0.3 is 0 Å².